The van der Waals surface area contributed by atoms with Gasteiger partial charge in [-0.15, -0.1) is 0 Å². The number of H-pyrrole nitrogens is 1. The van der Waals surface area contributed by atoms with Crippen LogP contribution in [0.3, 0.4) is 0 Å². The van der Waals surface area contributed by atoms with Crippen molar-refractivity contribution in [2.45, 2.75) is 23.1 Å². The Kier molecular flexibility index (Phi) is 3.87. The van der Waals surface area contributed by atoms with E-state index in [1.165, 1.54) is 12.1 Å². The second kappa shape index (κ2) is 5.41. The molecule has 1 atom stereocenters. The van der Waals surface area contributed by atoms with Gasteiger partial charge in [0.2, 0.25) is 0 Å². The van der Waals surface area contributed by atoms with Gasteiger partial charge in [0, 0.05) is 6.07 Å². The average Bonchev–Trinajstić information content (AvgIpc) is 2.30. The molecule has 0 spiro atoms. The van der Waals surface area contributed by atoms with Crippen molar-refractivity contribution in [2.24, 2.45) is 0 Å². The zero-order chi connectivity index (χ0) is 14.0. The lowest BCUT2D eigenvalue weighted by molar-refractivity contribution is 0.198. The van der Waals surface area contributed by atoms with Crippen LogP contribution in [0.1, 0.15) is 18.6 Å². The summed E-state index contributed by atoms with van der Waals surface area (Å²) in [6.45, 7) is 1.55. The van der Waals surface area contributed by atoms with E-state index in [1.54, 1.807) is 13.0 Å². The smallest absolute Gasteiger partial charge is 0.253 e. The summed E-state index contributed by atoms with van der Waals surface area (Å²) in [7, 11) is 0. The molecule has 1 heterocycles. The quantitative estimate of drug-likeness (QED) is 0.745. The Hall–Kier alpha value is -1.86. The lowest BCUT2D eigenvalue weighted by Gasteiger charge is -2.07. The third-order valence-electron chi connectivity index (χ3n) is 2.38. The first kappa shape index (κ1) is 13.6. The van der Waals surface area contributed by atoms with Crippen LogP contribution in [0.25, 0.3) is 0 Å². The zero-order valence-corrected chi connectivity index (χ0v) is 10.9. The van der Waals surface area contributed by atoms with Crippen LogP contribution < -0.4 is 11.3 Å². The van der Waals surface area contributed by atoms with Crippen molar-refractivity contribution in [3.63, 3.8) is 0 Å². The number of hydrogen-bond donors (Lipinski definition) is 3. The molecule has 5 nitrogen and oxygen atoms in total. The number of aromatic amines is 1. The maximum atomic E-state index is 13.8. The predicted octanol–water partition coefficient (Wildman–Crippen LogP) is 1.70. The second-order valence-electron chi connectivity index (χ2n) is 3.94. The largest absolute Gasteiger partial charge is 0.389 e. The monoisotopic (exact) mass is 281 g/mol. The summed E-state index contributed by atoms with van der Waals surface area (Å²) in [5, 5.41) is 9.57. The number of hydrogen-bond acceptors (Lipinski definition) is 5. The zero-order valence-electron chi connectivity index (χ0n) is 10.1. The molecular weight excluding hydrogens is 269 g/mol. The van der Waals surface area contributed by atoms with Gasteiger partial charge in [-0.3, -0.25) is 4.79 Å². The van der Waals surface area contributed by atoms with Crippen LogP contribution in [0, 0.1) is 5.82 Å². The van der Waals surface area contributed by atoms with E-state index in [9.17, 15) is 14.3 Å². The molecule has 1 aromatic heterocycles. The number of aromatic nitrogens is 2. The molecule has 2 aromatic rings. The summed E-state index contributed by atoms with van der Waals surface area (Å²) in [5.41, 5.74) is 5.53. The molecule has 0 saturated heterocycles. The first-order valence-electron chi connectivity index (χ1n) is 5.48. The van der Waals surface area contributed by atoms with Gasteiger partial charge in [0.15, 0.2) is 5.16 Å². The Balaban J connectivity index is 2.30. The number of aliphatic hydroxyl groups excluding tert-OH is 1. The highest BCUT2D eigenvalue weighted by Crippen LogP contribution is 2.28. The maximum absolute atomic E-state index is 13.8. The van der Waals surface area contributed by atoms with Gasteiger partial charge in [-0.1, -0.05) is 6.07 Å². The van der Waals surface area contributed by atoms with Crippen molar-refractivity contribution in [3.8, 4) is 0 Å². The second-order valence-corrected chi connectivity index (χ2v) is 4.97. The van der Waals surface area contributed by atoms with E-state index in [0.717, 1.165) is 17.8 Å². The normalized spacial score (nSPS) is 12.4. The highest BCUT2D eigenvalue weighted by Gasteiger charge is 2.10. The van der Waals surface area contributed by atoms with Crippen LogP contribution in [0.15, 0.2) is 39.1 Å². The maximum Gasteiger partial charge on any atom is 0.253 e. The molecule has 100 valence electrons. The van der Waals surface area contributed by atoms with Crippen LogP contribution in [0.2, 0.25) is 0 Å². The van der Waals surface area contributed by atoms with Gasteiger partial charge < -0.3 is 15.8 Å². The van der Waals surface area contributed by atoms with Crippen LogP contribution in [-0.2, 0) is 0 Å². The number of nitrogens with zero attached hydrogens (tertiary/aromatic N) is 1. The number of halogens is 1. The molecule has 0 radical (unpaired) electrons. The van der Waals surface area contributed by atoms with Gasteiger partial charge in [-0.05, 0) is 36.4 Å². The molecule has 0 fully saturated rings. The Morgan fingerprint density at radius 3 is 2.79 bits per heavy atom. The molecule has 0 amide bonds. The van der Waals surface area contributed by atoms with Gasteiger partial charge in [-0.2, -0.15) is 0 Å². The number of anilines is 1. The Morgan fingerprint density at radius 1 is 1.47 bits per heavy atom. The fourth-order valence-corrected chi connectivity index (χ4v) is 2.27. The van der Waals surface area contributed by atoms with E-state index in [2.05, 4.69) is 9.97 Å². The molecule has 0 unspecified atom stereocenters. The fourth-order valence-electron chi connectivity index (χ4n) is 1.47. The Morgan fingerprint density at radius 2 is 2.21 bits per heavy atom. The third kappa shape index (κ3) is 3.33. The topological polar surface area (TPSA) is 92.0 Å². The number of nitrogens with one attached hydrogen (secondary N) is 1. The van der Waals surface area contributed by atoms with Gasteiger partial charge in [0.05, 0.1) is 11.0 Å². The molecule has 19 heavy (non-hydrogen) atoms. The molecule has 1 aromatic carbocycles. The van der Waals surface area contributed by atoms with Crippen LogP contribution in [0.5, 0.6) is 0 Å². The highest BCUT2D eigenvalue weighted by molar-refractivity contribution is 7.99. The van der Waals surface area contributed by atoms with E-state index in [4.69, 9.17) is 5.73 Å². The summed E-state index contributed by atoms with van der Waals surface area (Å²) in [4.78, 5) is 17.9. The Bertz CT molecular complexity index is 658. The van der Waals surface area contributed by atoms with Gasteiger partial charge in [-0.25, -0.2) is 9.37 Å². The average molecular weight is 281 g/mol. The third-order valence-corrected chi connectivity index (χ3v) is 3.32. The van der Waals surface area contributed by atoms with Crippen molar-refractivity contribution in [1.29, 1.82) is 0 Å². The minimum absolute atomic E-state index is 0.0762. The predicted molar refractivity (Wildman–Crippen MR) is 70.4 cm³/mol. The lowest BCUT2D eigenvalue weighted by atomic mass is 10.1. The Labute approximate surface area is 112 Å². The van der Waals surface area contributed by atoms with Crippen molar-refractivity contribution < 1.29 is 9.50 Å². The van der Waals surface area contributed by atoms with E-state index >= 15 is 0 Å². The molecular formula is C12H12FN3O2S. The van der Waals surface area contributed by atoms with E-state index in [-0.39, 0.29) is 15.9 Å². The molecule has 7 heteroatoms. The minimum atomic E-state index is -0.737. The fraction of sp³-hybridized carbons (Fsp3) is 0.167. The number of rotatable bonds is 3. The van der Waals surface area contributed by atoms with Crippen molar-refractivity contribution in [2.75, 3.05) is 5.73 Å². The van der Waals surface area contributed by atoms with E-state index in [1.807, 2.05) is 0 Å². The summed E-state index contributed by atoms with van der Waals surface area (Å²) in [6.07, 6.45) is -0.737. The van der Waals surface area contributed by atoms with Crippen molar-refractivity contribution in [3.05, 3.63) is 46.0 Å². The molecule has 0 bridgehead atoms. The number of benzene rings is 1. The van der Waals surface area contributed by atoms with Gasteiger partial charge in [0.25, 0.3) is 5.56 Å². The molecule has 0 saturated carbocycles. The summed E-state index contributed by atoms with van der Waals surface area (Å²) < 4.78 is 13.8. The molecule has 0 aliphatic carbocycles. The number of aliphatic hydroxyl groups is 1. The number of nitrogen functional groups attached to an aromatic ring is 1. The molecule has 0 aliphatic heterocycles. The van der Waals surface area contributed by atoms with Crippen LogP contribution >= 0.6 is 11.8 Å². The standard InChI is InChI=1S/C12H12FN3O2S/c1-6(17)7-2-3-9(8(13)4-7)19-12-15-10(14)5-11(18)16-12/h2-6,17H,1H3,(H3,14,15,16,18)/t6-/m0/s1. The summed E-state index contributed by atoms with van der Waals surface area (Å²) >= 11 is 0.960. The van der Waals surface area contributed by atoms with E-state index < -0.39 is 17.5 Å². The molecule has 4 N–H and O–H groups in total. The summed E-state index contributed by atoms with van der Waals surface area (Å²) in [5.74, 6) is -0.416. The van der Waals surface area contributed by atoms with Gasteiger partial charge >= 0.3 is 0 Å². The summed E-state index contributed by atoms with van der Waals surface area (Å²) in [6, 6.07) is 5.53. The lowest BCUT2D eigenvalue weighted by Crippen LogP contribution is -2.09. The van der Waals surface area contributed by atoms with Crippen molar-refractivity contribution >= 4 is 17.6 Å². The van der Waals surface area contributed by atoms with Crippen molar-refractivity contribution in [1.82, 2.24) is 9.97 Å². The first-order valence-corrected chi connectivity index (χ1v) is 6.29. The molecule has 0 aliphatic rings. The van der Waals surface area contributed by atoms with Gasteiger partial charge in [0.1, 0.15) is 11.6 Å². The number of nitrogens with two attached hydrogens (primary N) is 1. The SMILES string of the molecule is C[C@H](O)c1ccc(Sc2nc(N)cc(=O)[nH]2)c(F)c1. The van der Waals surface area contributed by atoms with E-state index in [0.29, 0.717) is 5.56 Å². The minimum Gasteiger partial charge on any atom is -0.389 e. The van der Waals surface area contributed by atoms with Crippen LogP contribution in [-0.4, -0.2) is 15.1 Å². The first-order chi connectivity index (χ1) is 8.95. The molecule has 2 rings (SSSR count). The highest BCUT2D eigenvalue weighted by atomic mass is 32.2. The van der Waals surface area contributed by atoms with Crippen LogP contribution in [0.4, 0.5) is 10.2 Å².